The van der Waals surface area contributed by atoms with Crippen molar-refractivity contribution in [2.24, 2.45) is 11.5 Å². The van der Waals surface area contributed by atoms with Crippen molar-refractivity contribution in [1.82, 2.24) is 4.57 Å². The minimum atomic E-state index is -0.478. The topological polar surface area (TPSA) is 91.1 Å². The average molecular weight is 331 g/mol. The zero-order chi connectivity index (χ0) is 17.7. The molecule has 0 atom stereocenters. The number of carbonyl (C=O) groups excluding carboxylic acids is 2. The Bertz CT molecular complexity index is 1090. The second-order valence-corrected chi connectivity index (χ2v) is 6.33. The number of rotatable bonds is 2. The fourth-order valence-electron chi connectivity index (χ4n) is 3.50. The molecule has 0 aliphatic carbocycles. The maximum Gasteiger partial charge on any atom is 0.248 e. The third-order valence-corrected chi connectivity index (χ3v) is 4.72. The monoisotopic (exact) mass is 331 g/mol. The van der Waals surface area contributed by atoms with Crippen LogP contribution in [0.1, 0.15) is 21.5 Å². The summed E-state index contributed by atoms with van der Waals surface area (Å²) >= 11 is 0. The van der Waals surface area contributed by atoms with Crippen molar-refractivity contribution in [3.63, 3.8) is 0 Å². The van der Waals surface area contributed by atoms with Crippen LogP contribution < -0.4 is 11.5 Å². The van der Waals surface area contributed by atoms with Gasteiger partial charge in [0.15, 0.2) is 0 Å². The van der Waals surface area contributed by atoms with Crippen LogP contribution in [-0.2, 0) is 11.3 Å². The lowest BCUT2D eigenvalue weighted by Crippen LogP contribution is -2.17. The molecule has 2 amide bonds. The van der Waals surface area contributed by atoms with Crippen molar-refractivity contribution in [1.29, 1.82) is 0 Å². The van der Waals surface area contributed by atoms with E-state index in [0.29, 0.717) is 17.7 Å². The Kier molecular flexibility index (Phi) is 3.25. The molecule has 0 saturated heterocycles. The molecule has 0 fully saturated rings. The summed E-state index contributed by atoms with van der Waals surface area (Å²) in [5.41, 5.74) is 17.0. The molecule has 2 heterocycles. The van der Waals surface area contributed by atoms with Crippen LogP contribution >= 0.6 is 0 Å². The van der Waals surface area contributed by atoms with Gasteiger partial charge in [0.25, 0.3) is 0 Å². The first-order valence-electron chi connectivity index (χ1n) is 7.99. The largest absolute Gasteiger partial charge is 0.366 e. The van der Waals surface area contributed by atoms with Gasteiger partial charge in [0.2, 0.25) is 11.8 Å². The number of aryl methyl sites for hydroxylation is 1. The van der Waals surface area contributed by atoms with Crippen LogP contribution in [0, 0.1) is 6.92 Å². The molecule has 25 heavy (non-hydrogen) atoms. The highest BCUT2D eigenvalue weighted by Crippen LogP contribution is 2.37. The van der Waals surface area contributed by atoms with Crippen LogP contribution in [0.25, 0.3) is 28.2 Å². The zero-order valence-electron chi connectivity index (χ0n) is 13.7. The number of carbonyl (C=O) groups is 2. The average Bonchev–Trinajstić information content (AvgIpc) is 2.82. The molecule has 1 aliphatic rings. The number of benzene rings is 2. The zero-order valence-corrected chi connectivity index (χ0v) is 13.7. The van der Waals surface area contributed by atoms with E-state index in [1.807, 2.05) is 41.8 Å². The Balaban J connectivity index is 2.09. The third kappa shape index (κ3) is 2.32. The minimum absolute atomic E-state index is 0.352. The Morgan fingerprint density at radius 3 is 2.56 bits per heavy atom. The van der Waals surface area contributed by atoms with Gasteiger partial charge in [-0.05, 0) is 42.3 Å². The first-order chi connectivity index (χ1) is 12.0. The Labute approximate surface area is 144 Å². The van der Waals surface area contributed by atoms with E-state index in [1.165, 1.54) is 0 Å². The van der Waals surface area contributed by atoms with Crippen LogP contribution in [-0.4, -0.2) is 16.4 Å². The van der Waals surface area contributed by atoms with E-state index in [0.717, 1.165) is 33.3 Å². The predicted octanol–water partition coefficient (Wildman–Crippen LogP) is 2.60. The summed E-state index contributed by atoms with van der Waals surface area (Å²) in [4.78, 5) is 23.5. The lowest BCUT2D eigenvalue weighted by Gasteiger charge is -2.11. The van der Waals surface area contributed by atoms with Crippen molar-refractivity contribution in [2.45, 2.75) is 13.5 Å². The molecule has 4 N–H and O–H groups in total. The molecule has 0 spiro atoms. The van der Waals surface area contributed by atoms with E-state index >= 15 is 0 Å². The number of amides is 2. The Morgan fingerprint density at radius 2 is 1.84 bits per heavy atom. The molecule has 3 aromatic rings. The number of nitrogens with zero attached hydrogens (tertiary/aromatic N) is 1. The molecule has 4 rings (SSSR count). The van der Waals surface area contributed by atoms with E-state index in [-0.39, 0.29) is 0 Å². The standard InChI is InChI=1S/C20H17N3O2/c1-11-3-2-4-13-7-15(20(22)25)10-23-16-9-14(19(21)24)6-5-12(16)8-17(23)18(11)13/h2-9H,10H2,1H3,(H2,21,24)(H2,22,25). The highest BCUT2D eigenvalue weighted by Gasteiger charge is 2.21. The third-order valence-electron chi connectivity index (χ3n) is 4.72. The number of hydrogen-bond donors (Lipinski definition) is 2. The second kappa shape index (κ2) is 5.34. The molecule has 0 bridgehead atoms. The summed E-state index contributed by atoms with van der Waals surface area (Å²) in [6, 6.07) is 13.4. The molecule has 124 valence electrons. The number of aromatic nitrogens is 1. The molecule has 1 aromatic heterocycles. The molecule has 5 heteroatoms. The van der Waals surface area contributed by atoms with Gasteiger partial charge in [-0.1, -0.05) is 24.3 Å². The SMILES string of the molecule is Cc1cccc2c1-c1cc3ccc(C(N)=O)cc3n1CC(C(N)=O)=C2. The van der Waals surface area contributed by atoms with Gasteiger partial charge in [-0.25, -0.2) is 0 Å². The van der Waals surface area contributed by atoms with Gasteiger partial charge < -0.3 is 16.0 Å². The highest BCUT2D eigenvalue weighted by molar-refractivity contribution is 6.02. The maximum atomic E-state index is 11.9. The minimum Gasteiger partial charge on any atom is -0.366 e. The summed E-state index contributed by atoms with van der Waals surface area (Å²) in [5.74, 6) is -0.929. The van der Waals surface area contributed by atoms with E-state index < -0.39 is 11.8 Å². The van der Waals surface area contributed by atoms with Gasteiger partial charge in [-0.3, -0.25) is 9.59 Å². The predicted molar refractivity (Wildman–Crippen MR) is 97.8 cm³/mol. The summed E-state index contributed by atoms with van der Waals surface area (Å²) in [6.45, 7) is 2.39. The molecule has 0 radical (unpaired) electrons. The maximum absolute atomic E-state index is 11.9. The van der Waals surface area contributed by atoms with Crippen molar-refractivity contribution in [3.8, 4) is 11.3 Å². The lowest BCUT2D eigenvalue weighted by atomic mass is 9.98. The summed E-state index contributed by atoms with van der Waals surface area (Å²) in [5, 5.41) is 0.986. The lowest BCUT2D eigenvalue weighted by molar-refractivity contribution is -0.114. The van der Waals surface area contributed by atoms with Gasteiger partial charge in [0, 0.05) is 27.6 Å². The first kappa shape index (κ1) is 15.2. The summed E-state index contributed by atoms with van der Waals surface area (Å²) in [7, 11) is 0. The number of hydrogen-bond acceptors (Lipinski definition) is 2. The molecule has 1 aliphatic heterocycles. The number of nitrogens with two attached hydrogens (primary N) is 2. The van der Waals surface area contributed by atoms with Crippen LogP contribution in [0.2, 0.25) is 0 Å². The summed E-state index contributed by atoms with van der Waals surface area (Å²) < 4.78 is 2.02. The van der Waals surface area contributed by atoms with Crippen LogP contribution in [0.15, 0.2) is 48.0 Å². The van der Waals surface area contributed by atoms with Gasteiger partial charge in [0.05, 0.1) is 12.2 Å². The molecular formula is C20H17N3O2. The van der Waals surface area contributed by atoms with Crippen LogP contribution in [0.5, 0.6) is 0 Å². The number of primary amides is 2. The van der Waals surface area contributed by atoms with Gasteiger partial charge in [-0.15, -0.1) is 0 Å². The van der Waals surface area contributed by atoms with Gasteiger partial charge in [-0.2, -0.15) is 0 Å². The van der Waals surface area contributed by atoms with Crippen LogP contribution in [0.4, 0.5) is 0 Å². The summed E-state index contributed by atoms with van der Waals surface area (Å²) in [6.07, 6.45) is 1.85. The van der Waals surface area contributed by atoms with Gasteiger partial charge >= 0.3 is 0 Å². The van der Waals surface area contributed by atoms with E-state index in [9.17, 15) is 9.59 Å². The van der Waals surface area contributed by atoms with Crippen molar-refractivity contribution in [3.05, 3.63) is 64.7 Å². The smallest absolute Gasteiger partial charge is 0.248 e. The van der Waals surface area contributed by atoms with Gasteiger partial charge in [0.1, 0.15) is 0 Å². The second-order valence-electron chi connectivity index (χ2n) is 6.33. The van der Waals surface area contributed by atoms with Crippen molar-refractivity contribution in [2.75, 3.05) is 0 Å². The fraction of sp³-hybridized carbons (Fsp3) is 0.100. The molecular weight excluding hydrogens is 314 g/mol. The molecule has 0 unspecified atom stereocenters. The molecule has 2 aromatic carbocycles. The first-order valence-corrected chi connectivity index (χ1v) is 7.99. The quantitative estimate of drug-likeness (QED) is 0.755. The fourth-order valence-corrected chi connectivity index (χ4v) is 3.50. The van der Waals surface area contributed by atoms with E-state index in [1.54, 1.807) is 12.1 Å². The van der Waals surface area contributed by atoms with Crippen molar-refractivity contribution >= 4 is 28.8 Å². The number of fused-ring (bicyclic) bond motifs is 5. The Morgan fingerprint density at radius 1 is 1.04 bits per heavy atom. The van der Waals surface area contributed by atoms with E-state index in [2.05, 4.69) is 6.07 Å². The van der Waals surface area contributed by atoms with Crippen LogP contribution in [0.3, 0.4) is 0 Å². The Hall–Kier alpha value is -3.34. The van der Waals surface area contributed by atoms with Crippen molar-refractivity contribution < 1.29 is 9.59 Å². The van der Waals surface area contributed by atoms with E-state index in [4.69, 9.17) is 11.5 Å². The normalized spacial score (nSPS) is 12.9. The molecule has 0 saturated carbocycles. The highest BCUT2D eigenvalue weighted by atomic mass is 16.1. The molecule has 5 nitrogen and oxygen atoms in total.